The number of nitrogens with one attached hydrogen (secondary N) is 1. The number of Topliss-reactive ketones (excluding diaryl/α,β-unsaturated/α-hetero) is 1. The van der Waals surface area contributed by atoms with Crippen LogP contribution in [-0.2, 0) is 4.79 Å². The van der Waals surface area contributed by atoms with Gasteiger partial charge in [-0.15, -0.1) is 5.10 Å². The van der Waals surface area contributed by atoms with Crippen LogP contribution >= 0.6 is 11.8 Å². The first-order valence-electron chi connectivity index (χ1n) is 9.30. The van der Waals surface area contributed by atoms with E-state index in [0.717, 1.165) is 12.2 Å². The largest absolute Gasteiger partial charge is 0.497 e. The summed E-state index contributed by atoms with van der Waals surface area (Å²) in [6.07, 6.45) is -0.00561. The fourth-order valence-electron chi connectivity index (χ4n) is 3.17. The molecule has 0 unspecified atom stereocenters. The standard InChI is InChI=1S/C21H20N4O3S/c1-3-12-29-21-23-20(27)17-15-6-4-5-7-16(15)22-19(25(17)24-21)18(26)13-8-10-14(28-2)11-9-13/h4-11,19H,3,12H2,1-2H3,(H,23,24,27)/t19-/m1/s1. The number of carbonyl (C=O) groups excluding carboxylic acids is 2. The van der Waals surface area contributed by atoms with Crippen molar-refractivity contribution in [3.05, 3.63) is 64.7 Å². The Hall–Kier alpha value is -3.13. The number of fused-ring (bicyclic) bond motifs is 2. The number of ketones is 1. The number of hydrogen-bond acceptors (Lipinski definition) is 7. The molecule has 2 aliphatic rings. The molecule has 2 aliphatic heterocycles. The molecule has 2 heterocycles. The maximum atomic E-state index is 13.3. The number of thioether (sulfide) groups is 1. The van der Waals surface area contributed by atoms with Crippen LogP contribution in [0.25, 0.3) is 5.70 Å². The molecule has 2 aromatic rings. The van der Waals surface area contributed by atoms with Crippen LogP contribution in [0.15, 0.2) is 58.6 Å². The molecule has 1 N–H and O–H groups in total. The lowest BCUT2D eigenvalue weighted by Crippen LogP contribution is -2.54. The van der Waals surface area contributed by atoms with E-state index >= 15 is 0 Å². The second-order valence-corrected chi connectivity index (χ2v) is 7.60. The van der Waals surface area contributed by atoms with Crippen LogP contribution in [0.1, 0.15) is 23.7 Å². The second kappa shape index (κ2) is 8.08. The van der Waals surface area contributed by atoms with E-state index in [-0.39, 0.29) is 11.7 Å². The number of para-hydroxylation sites is 1. The number of amidine groups is 1. The third-order valence-corrected chi connectivity index (χ3v) is 5.64. The van der Waals surface area contributed by atoms with Crippen LogP contribution in [0.3, 0.4) is 0 Å². The molecule has 0 aromatic heterocycles. The van der Waals surface area contributed by atoms with Crippen molar-refractivity contribution in [1.82, 2.24) is 10.3 Å². The van der Waals surface area contributed by atoms with Crippen LogP contribution in [0.5, 0.6) is 5.75 Å². The minimum Gasteiger partial charge on any atom is -0.497 e. The van der Waals surface area contributed by atoms with E-state index < -0.39 is 6.17 Å². The summed E-state index contributed by atoms with van der Waals surface area (Å²) in [6, 6.07) is 14.1. The van der Waals surface area contributed by atoms with E-state index in [9.17, 15) is 9.59 Å². The van der Waals surface area contributed by atoms with Crippen molar-refractivity contribution >= 4 is 34.3 Å². The van der Waals surface area contributed by atoms with Crippen LogP contribution in [0.4, 0.5) is 0 Å². The monoisotopic (exact) mass is 408 g/mol. The topological polar surface area (TPSA) is 83.4 Å². The Morgan fingerprint density at radius 2 is 1.97 bits per heavy atom. The summed E-state index contributed by atoms with van der Waals surface area (Å²) in [6.45, 7) is 2.05. The quantitative estimate of drug-likeness (QED) is 0.758. The van der Waals surface area contributed by atoms with Gasteiger partial charge in [0.25, 0.3) is 5.91 Å². The predicted octanol–water partition coefficient (Wildman–Crippen LogP) is 1.49. The van der Waals surface area contributed by atoms with E-state index in [2.05, 4.69) is 22.3 Å². The van der Waals surface area contributed by atoms with Gasteiger partial charge in [0.2, 0.25) is 11.9 Å². The van der Waals surface area contributed by atoms with Gasteiger partial charge in [0.15, 0.2) is 5.17 Å². The van der Waals surface area contributed by atoms with E-state index in [1.54, 1.807) is 37.4 Å². The fraction of sp³-hybridized carbons (Fsp3) is 0.238. The number of methoxy groups -OCH3 is 1. The highest BCUT2D eigenvalue weighted by molar-refractivity contribution is 8.13. The average molecular weight is 408 g/mol. The molecular formula is C21H20N4O3S. The third-order valence-electron chi connectivity index (χ3n) is 4.57. The molecule has 8 heteroatoms. The summed E-state index contributed by atoms with van der Waals surface area (Å²) in [7, 11) is 1.57. The smallest absolute Gasteiger partial charge is 0.276 e. The number of hydrazone groups is 1. The van der Waals surface area contributed by atoms with Gasteiger partial charge in [0.1, 0.15) is 11.4 Å². The lowest BCUT2D eigenvalue weighted by molar-refractivity contribution is -0.115. The van der Waals surface area contributed by atoms with Crippen molar-refractivity contribution in [2.24, 2.45) is 10.1 Å². The van der Waals surface area contributed by atoms with Crippen LogP contribution < -0.4 is 20.6 Å². The first-order valence-corrected chi connectivity index (χ1v) is 10.3. The van der Waals surface area contributed by atoms with E-state index in [1.807, 2.05) is 18.2 Å². The minimum atomic E-state index is -0.948. The van der Waals surface area contributed by atoms with Crippen molar-refractivity contribution in [1.29, 1.82) is 0 Å². The number of nitrogens with zero attached hydrogens (tertiary/aromatic N) is 3. The Morgan fingerprint density at radius 3 is 2.69 bits per heavy atom. The highest BCUT2D eigenvalue weighted by atomic mass is 32.2. The van der Waals surface area contributed by atoms with Gasteiger partial charge in [-0.1, -0.05) is 36.9 Å². The molecule has 7 nitrogen and oxygen atoms in total. The number of amides is 1. The summed E-state index contributed by atoms with van der Waals surface area (Å²) in [5.74, 6) is 0.951. The lowest BCUT2D eigenvalue weighted by atomic mass is 10.1. The molecule has 0 radical (unpaired) electrons. The van der Waals surface area contributed by atoms with Gasteiger partial charge in [-0.3, -0.25) is 14.9 Å². The summed E-state index contributed by atoms with van der Waals surface area (Å²) in [4.78, 5) is 30.8. The lowest BCUT2D eigenvalue weighted by Gasteiger charge is -2.33. The molecule has 0 bridgehead atoms. The molecule has 1 amide bonds. The number of ether oxygens (including phenoxy) is 1. The number of carbonyl (C=O) groups is 2. The van der Waals surface area contributed by atoms with Crippen molar-refractivity contribution in [2.45, 2.75) is 19.5 Å². The average Bonchev–Trinajstić information content (AvgIpc) is 2.76. The van der Waals surface area contributed by atoms with E-state index in [4.69, 9.17) is 4.74 Å². The Balaban J connectivity index is 1.81. The van der Waals surface area contributed by atoms with Crippen molar-refractivity contribution < 1.29 is 14.3 Å². The van der Waals surface area contributed by atoms with Crippen molar-refractivity contribution in [3.8, 4) is 5.75 Å². The maximum absolute atomic E-state index is 13.3. The Kier molecular flexibility index (Phi) is 5.35. The van der Waals surface area contributed by atoms with Gasteiger partial charge in [-0.2, -0.15) is 0 Å². The molecule has 29 heavy (non-hydrogen) atoms. The molecule has 2 aromatic carbocycles. The minimum absolute atomic E-state index is 0.238. The SMILES string of the molecule is CCCSC1=NN2C(=c3ccccc3=N[C@H]2C(=O)c2ccc(OC)cc2)C(=O)N1. The summed E-state index contributed by atoms with van der Waals surface area (Å²) < 4.78 is 5.17. The molecule has 0 aliphatic carbocycles. The number of rotatable bonds is 5. The molecule has 0 fully saturated rings. The summed E-state index contributed by atoms with van der Waals surface area (Å²) >= 11 is 1.45. The Bertz CT molecular complexity index is 1110. The van der Waals surface area contributed by atoms with E-state index in [1.165, 1.54) is 16.8 Å². The number of benzene rings is 2. The molecule has 1 atom stereocenters. The third kappa shape index (κ3) is 3.63. The molecule has 148 valence electrons. The molecule has 0 saturated heterocycles. The zero-order chi connectivity index (χ0) is 20.4. The highest BCUT2D eigenvalue weighted by Gasteiger charge is 2.37. The van der Waals surface area contributed by atoms with Crippen LogP contribution in [0, 0.1) is 0 Å². The first kappa shape index (κ1) is 19.2. The first-order chi connectivity index (χ1) is 14.1. The molecule has 0 spiro atoms. The molecule has 0 saturated carbocycles. The van der Waals surface area contributed by atoms with Gasteiger partial charge in [0.05, 0.1) is 12.5 Å². The maximum Gasteiger partial charge on any atom is 0.276 e. The normalized spacial score (nSPS) is 17.5. The fourth-order valence-corrected chi connectivity index (χ4v) is 3.87. The highest BCUT2D eigenvalue weighted by Crippen LogP contribution is 2.24. The van der Waals surface area contributed by atoms with Crippen molar-refractivity contribution in [3.63, 3.8) is 0 Å². The van der Waals surface area contributed by atoms with Crippen LogP contribution in [-0.4, -0.2) is 40.9 Å². The van der Waals surface area contributed by atoms with Gasteiger partial charge in [-0.25, -0.2) is 10.0 Å². The predicted molar refractivity (Wildman–Crippen MR) is 112 cm³/mol. The van der Waals surface area contributed by atoms with E-state index in [0.29, 0.717) is 32.8 Å². The zero-order valence-corrected chi connectivity index (χ0v) is 16.9. The van der Waals surface area contributed by atoms with Crippen LogP contribution in [0.2, 0.25) is 0 Å². The summed E-state index contributed by atoms with van der Waals surface area (Å²) in [5, 5.41) is 10.6. The molecular weight excluding hydrogens is 388 g/mol. The van der Waals surface area contributed by atoms with Crippen molar-refractivity contribution in [2.75, 3.05) is 12.9 Å². The second-order valence-electron chi connectivity index (χ2n) is 6.51. The van der Waals surface area contributed by atoms with Gasteiger partial charge in [0, 0.05) is 16.5 Å². The zero-order valence-electron chi connectivity index (χ0n) is 16.1. The van der Waals surface area contributed by atoms with Gasteiger partial charge in [-0.05, 0) is 36.8 Å². The molecule has 4 rings (SSSR count). The number of hydrogen-bond donors (Lipinski definition) is 1. The Labute approximate surface area is 172 Å². The Morgan fingerprint density at radius 1 is 1.21 bits per heavy atom. The van der Waals surface area contributed by atoms with Gasteiger partial charge < -0.3 is 4.74 Å². The summed E-state index contributed by atoms with van der Waals surface area (Å²) in [5.41, 5.74) is 0.811. The van der Waals surface area contributed by atoms with Gasteiger partial charge >= 0.3 is 0 Å².